The highest BCUT2D eigenvalue weighted by atomic mass is 16.1. The van der Waals surface area contributed by atoms with Gasteiger partial charge in [-0.15, -0.1) is 0 Å². The highest BCUT2D eigenvalue weighted by Crippen LogP contribution is 2.22. The van der Waals surface area contributed by atoms with Gasteiger partial charge in [0.25, 0.3) is 5.91 Å². The van der Waals surface area contributed by atoms with Crippen molar-refractivity contribution < 1.29 is 4.79 Å². The Hall–Kier alpha value is -1.58. The summed E-state index contributed by atoms with van der Waals surface area (Å²) in [7, 11) is 0. The monoisotopic (exact) mass is 261 g/mol. The van der Waals surface area contributed by atoms with Crippen LogP contribution in [0.3, 0.4) is 0 Å². The minimum Gasteiger partial charge on any atom is -0.370 e. The van der Waals surface area contributed by atoms with Crippen LogP contribution < -0.4 is 10.2 Å². The van der Waals surface area contributed by atoms with Crippen LogP contribution in [0, 0.1) is 5.92 Å². The Morgan fingerprint density at radius 2 is 2.05 bits per heavy atom. The normalized spacial score (nSPS) is 16.7. The molecule has 1 N–H and O–H groups in total. The maximum absolute atomic E-state index is 11.8. The van der Waals surface area contributed by atoms with Gasteiger partial charge in [0.05, 0.1) is 11.9 Å². The van der Waals surface area contributed by atoms with Crippen molar-refractivity contribution in [2.75, 3.05) is 18.0 Å². The molecule has 1 aliphatic heterocycles. The third kappa shape index (κ3) is 3.69. The van der Waals surface area contributed by atoms with E-state index in [1.54, 1.807) is 0 Å². The number of nitrogens with zero attached hydrogens (tertiary/aromatic N) is 2. The van der Waals surface area contributed by atoms with Crippen molar-refractivity contribution in [2.24, 2.45) is 5.92 Å². The second-order valence-electron chi connectivity index (χ2n) is 5.70. The molecule has 4 heteroatoms. The topological polar surface area (TPSA) is 45.2 Å². The van der Waals surface area contributed by atoms with Gasteiger partial charge in [-0.25, -0.2) is 4.98 Å². The van der Waals surface area contributed by atoms with Gasteiger partial charge in [0.1, 0.15) is 5.69 Å². The predicted molar refractivity (Wildman–Crippen MR) is 77.5 cm³/mol. The van der Waals surface area contributed by atoms with E-state index in [4.69, 9.17) is 0 Å². The smallest absolute Gasteiger partial charge is 0.270 e. The van der Waals surface area contributed by atoms with Gasteiger partial charge in [-0.1, -0.05) is 6.92 Å². The summed E-state index contributed by atoms with van der Waals surface area (Å²) >= 11 is 0. The molecule has 1 amide bonds. The van der Waals surface area contributed by atoms with Crippen LogP contribution in [0.1, 0.15) is 44.1 Å². The molecule has 1 fully saturated rings. The molecule has 19 heavy (non-hydrogen) atoms. The van der Waals surface area contributed by atoms with E-state index >= 15 is 0 Å². The van der Waals surface area contributed by atoms with Crippen molar-refractivity contribution in [2.45, 2.75) is 39.7 Å². The summed E-state index contributed by atoms with van der Waals surface area (Å²) in [6.07, 6.45) is 4.27. The van der Waals surface area contributed by atoms with Crippen LogP contribution in [0.15, 0.2) is 18.3 Å². The van der Waals surface area contributed by atoms with E-state index < -0.39 is 0 Å². The SMILES string of the molecule is CC1CCN(c2ccc(C(=O)NC(C)C)nc2)CC1. The lowest BCUT2D eigenvalue weighted by Gasteiger charge is -2.31. The van der Waals surface area contributed by atoms with E-state index in [1.165, 1.54) is 12.8 Å². The number of hydrogen-bond donors (Lipinski definition) is 1. The number of rotatable bonds is 3. The number of amides is 1. The van der Waals surface area contributed by atoms with Crippen LogP contribution in [0.5, 0.6) is 0 Å². The van der Waals surface area contributed by atoms with Crippen molar-refractivity contribution in [3.63, 3.8) is 0 Å². The maximum Gasteiger partial charge on any atom is 0.270 e. The predicted octanol–water partition coefficient (Wildman–Crippen LogP) is 2.46. The van der Waals surface area contributed by atoms with E-state index in [0.717, 1.165) is 24.7 Å². The van der Waals surface area contributed by atoms with Crippen molar-refractivity contribution in [3.05, 3.63) is 24.0 Å². The molecule has 1 aromatic rings. The number of hydrogen-bond acceptors (Lipinski definition) is 3. The molecule has 0 unspecified atom stereocenters. The van der Waals surface area contributed by atoms with Crippen LogP contribution in [-0.2, 0) is 0 Å². The fourth-order valence-electron chi connectivity index (χ4n) is 2.31. The summed E-state index contributed by atoms with van der Waals surface area (Å²) in [4.78, 5) is 18.4. The van der Waals surface area contributed by atoms with E-state index in [-0.39, 0.29) is 11.9 Å². The van der Waals surface area contributed by atoms with Gasteiger partial charge in [0.15, 0.2) is 0 Å². The summed E-state index contributed by atoms with van der Waals surface area (Å²) in [5.41, 5.74) is 1.61. The summed E-state index contributed by atoms with van der Waals surface area (Å²) in [6, 6.07) is 3.95. The molecule has 0 atom stereocenters. The third-order valence-electron chi connectivity index (χ3n) is 3.55. The quantitative estimate of drug-likeness (QED) is 0.909. The van der Waals surface area contributed by atoms with Crippen LogP contribution in [0.4, 0.5) is 5.69 Å². The van der Waals surface area contributed by atoms with Gasteiger partial charge >= 0.3 is 0 Å². The largest absolute Gasteiger partial charge is 0.370 e. The molecule has 2 heterocycles. The van der Waals surface area contributed by atoms with E-state index in [2.05, 4.69) is 22.1 Å². The summed E-state index contributed by atoms with van der Waals surface area (Å²) < 4.78 is 0. The second-order valence-corrected chi connectivity index (χ2v) is 5.70. The molecule has 2 rings (SSSR count). The molecule has 0 spiro atoms. The second kappa shape index (κ2) is 6.04. The number of carbonyl (C=O) groups is 1. The van der Waals surface area contributed by atoms with E-state index in [0.29, 0.717) is 5.69 Å². The van der Waals surface area contributed by atoms with E-state index in [1.807, 2.05) is 32.2 Å². The van der Waals surface area contributed by atoms with Crippen molar-refractivity contribution >= 4 is 11.6 Å². The Bertz CT molecular complexity index is 420. The van der Waals surface area contributed by atoms with Gasteiger partial charge in [-0.3, -0.25) is 4.79 Å². The van der Waals surface area contributed by atoms with Crippen molar-refractivity contribution in [1.29, 1.82) is 0 Å². The number of nitrogens with one attached hydrogen (secondary N) is 1. The average molecular weight is 261 g/mol. The molecule has 0 saturated carbocycles. The molecular formula is C15H23N3O. The average Bonchev–Trinajstić information content (AvgIpc) is 2.39. The Kier molecular flexibility index (Phi) is 4.40. The Labute approximate surface area is 115 Å². The summed E-state index contributed by atoms with van der Waals surface area (Å²) in [5, 5.41) is 2.85. The zero-order chi connectivity index (χ0) is 13.8. The molecule has 0 bridgehead atoms. The minimum absolute atomic E-state index is 0.103. The molecule has 1 saturated heterocycles. The fourth-order valence-corrected chi connectivity index (χ4v) is 2.31. The highest BCUT2D eigenvalue weighted by Gasteiger charge is 2.16. The summed E-state index contributed by atoms with van der Waals surface area (Å²) in [5.74, 6) is 0.717. The lowest BCUT2D eigenvalue weighted by atomic mass is 9.99. The maximum atomic E-state index is 11.8. The Balaban J connectivity index is 2.00. The van der Waals surface area contributed by atoms with Gasteiger partial charge in [-0.2, -0.15) is 0 Å². The fraction of sp³-hybridized carbons (Fsp3) is 0.600. The first-order valence-corrected chi connectivity index (χ1v) is 7.08. The van der Waals surface area contributed by atoms with Crippen LogP contribution in [0.25, 0.3) is 0 Å². The van der Waals surface area contributed by atoms with Crippen molar-refractivity contribution in [1.82, 2.24) is 10.3 Å². The Morgan fingerprint density at radius 3 is 2.58 bits per heavy atom. The minimum atomic E-state index is -0.103. The van der Waals surface area contributed by atoms with E-state index in [9.17, 15) is 4.79 Å². The van der Waals surface area contributed by atoms with Crippen LogP contribution >= 0.6 is 0 Å². The molecule has 0 aliphatic carbocycles. The van der Waals surface area contributed by atoms with Gasteiger partial charge in [0.2, 0.25) is 0 Å². The lowest BCUT2D eigenvalue weighted by Crippen LogP contribution is -2.33. The molecule has 1 aromatic heterocycles. The number of anilines is 1. The molecule has 104 valence electrons. The first-order valence-electron chi connectivity index (χ1n) is 7.08. The van der Waals surface area contributed by atoms with Gasteiger partial charge < -0.3 is 10.2 Å². The summed E-state index contributed by atoms with van der Waals surface area (Å²) in [6.45, 7) is 8.36. The molecule has 0 radical (unpaired) electrons. The van der Waals surface area contributed by atoms with Crippen LogP contribution in [-0.4, -0.2) is 30.0 Å². The molecule has 0 aromatic carbocycles. The zero-order valence-corrected chi connectivity index (χ0v) is 12.0. The molecule has 4 nitrogen and oxygen atoms in total. The first kappa shape index (κ1) is 13.8. The number of aromatic nitrogens is 1. The lowest BCUT2D eigenvalue weighted by molar-refractivity contribution is 0.0938. The van der Waals surface area contributed by atoms with Crippen LogP contribution in [0.2, 0.25) is 0 Å². The zero-order valence-electron chi connectivity index (χ0n) is 12.0. The third-order valence-corrected chi connectivity index (χ3v) is 3.55. The van der Waals surface area contributed by atoms with Crippen molar-refractivity contribution in [3.8, 4) is 0 Å². The molecular weight excluding hydrogens is 238 g/mol. The standard InChI is InChI=1S/C15H23N3O/c1-11(2)17-15(19)14-5-4-13(10-16-14)18-8-6-12(3)7-9-18/h4-5,10-12H,6-9H2,1-3H3,(H,17,19). The molecule has 1 aliphatic rings. The van der Waals surface area contributed by atoms with Gasteiger partial charge in [0, 0.05) is 19.1 Å². The first-order chi connectivity index (χ1) is 9.06. The number of piperidine rings is 1. The number of carbonyl (C=O) groups excluding carboxylic acids is 1. The number of pyridine rings is 1. The highest BCUT2D eigenvalue weighted by molar-refractivity contribution is 5.92. The Morgan fingerprint density at radius 1 is 1.37 bits per heavy atom. The van der Waals surface area contributed by atoms with Gasteiger partial charge in [-0.05, 0) is 44.7 Å².